The Labute approximate surface area is 135 Å². The molecule has 0 saturated carbocycles. The number of hydrogen-bond donors (Lipinski definition) is 2. The maximum atomic E-state index is 10.9. The fourth-order valence-corrected chi connectivity index (χ4v) is 2.51. The summed E-state index contributed by atoms with van der Waals surface area (Å²) in [5, 5.41) is 9.45. The fraction of sp³-hybridized carbons (Fsp3) is 0.278. The number of carbonyl (C=O) groups is 1. The lowest BCUT2D eigenvalue weighted by Gasteiger charge is -2.14. The van der Waals surface area contributed by atoms with Crippen LogP contribution in [0.4, 0.5) is 5.69 Å². The average Bonchev–Trinajstić information content (AvgIpc) is 2.47. The van der Waals surface area contributed by atoms with Crippen molar-refractivity contribution in [2.24, 2.45) is 0 Å². The van der Waals surface area contributed by atoms with E-state index < -0.39 is 5.97 Å². The number of nitrogens with two attached hydrogens (primary N) is 1. The molecule has 0 spiro atoms. The molecule has 2 rings (SSSR count). The lowest BCUT2D eigenvalue weighted by atomic mass is 9.91. The summed E-state index contributed by atoms with van der Waals surface area (Å²) in [6, 6.07) is 11.7. The van der Waals surface area contributed by atoms with Gasteiger partial charge in [-0.15, -0.1) is 0 Å². The highest BCUT2D eigenvalue weighted by Gasteiger charge is 2.11. The van der Waals surface area contributed by atoms with Gasteiger partial charge in [-0.2, -0.15) is 0 Å². The second kappa shape index (κ2) is 6.84. The van der Waals surface area contributed by atoms with Crippen LogP contribution in [0.1, 0.15) is 37.3 Å². The Hall–Kier alpha value is -2.00. The molecule has 0 unspecified atom stereocenters. The van der Waals surface area contributed by atoms with E-state index in [4.69, 9.17) is 22.4 Å². The van der Waals surface area contributed by atoms with Crippen molar-refractivity contribution in [2.45, 2.75) is 32.6 Å². The molecular weight excluding hydrogens is 298 g/mol. The van der Waals surface area contributed by atoms with Gasteiger partial charge < -0.3 is 10.8 Å². The van der Waals surface area contributed by atoms with E-state index in [1.807, 2.05) is 18.2 Å². The summed E-state index contributed by atoms with van der Waals surface area (Å²) in [6.07, 6.45) is 0.600. The molecule has 0 aliphatic rings. The zero-order chi connectivity index (χ0) is 16.3. The van der Waals surface area contributed by atoms with Crippen LogP contribution in [0.2, 0.25) is 5.02 Å². The largest absolute Gasteiger partial charge is 0.481 e. The number of benzene rings is 2. The number of aliphatic carboxylic acids is 1. The Bertz CT molecular complexity index is 695. The quantitative estimate of drug-likeness (QED) is 0.783. The molecule has 3 nitrogen and oxygen atoms in total. The monoisotopic (exact) mass is 317 g/mol. The minimum Gasteiger partial charge on any atom is -0.481 e. The summed E-state index contributed by atoms with van der Waals surface area (Å²) in [5.74, 6) is -0.397. The summed E-state index contributed by atoms with van der Waals surface area (Å²) in [4.78, 5) is 10.9. The van der Waals surface area contributed by atoms with Gasteiger partial charge in [0.15, 0.2) is 0 Å². The number of aryl methyl sites for hydroxylation is 1. The number of halogens is 1. The van der Waals surface area contributed by atoms with Crippen LogP contribution in [0.5, 0.6) is 0 Å². The average molecular weight is 318 g/mol. The number of anilines is 1. The maximum Gasteiger partial charge on any atom is 0.303 e. The van der Waals surface area contributed by atoms with Gasteiger partial charge in [0.2, 0.25) is 0 Å². The van der Waals surface area contributed by atoms with Crippen molar-refractivity contribution in [1.29, 1.82) is 0 Å². The lowest BCUT2D eigenvalue weighted by molar-refractivity contribution is -0.136. The van der Waals surface area contributed by atoms with Gasteiger partial charge in [0, 0.05) is 6.42 Å². The summed E-state index contributed by atoms with van der Waals surface area (Å²) in [7, 11) is 0. The zero-order valence-electron chi connectivity index (χ0n) is 12.8. The van der Waals surface area contributed by atoms with Crippen molar-refractivity contribution in [3.05, 3.63) is 52.5 Å². The number of hydrogen-bond acceptors (Lipinski definition) is 2. The normalized spacial score (nSPS) is 10.9. The predicted octanol–water partition coefficient (Wildman–Crippen LogP) is 4.73. The highest BCUT2D eigenvalue weighted by Crippen LogP contribution is 2.32. The van der Waals surface area contributed by atoms with Crippen LogP contribution >= 0.6 is 11.6 Å². The third-order valence-corrected chi connectivity index (χ3v) is 4.06. The molecule has 0 heterocycles. The number of carboxylic acids is 1. The molecule has 0 atom stereocenters. The first kappa shape index (κ1) is 16.4. The lowest BCUT2D eigenvalue weighted by Crippen LogP contribution is -2.00. The van der Waals surface area contributed by atoms with Crippen molar-refractivity contribution >= 4 is 23.3 Å². The molecule has 0 radical (unpaired) electrons. The molecule has 0 aliphatic heterocycles. The number of carboxylic acid groups (broad SMARTS) is 1. The summed E-state index contributed by atoms with van der Waals surface area (Å²) in [6.45, 7) is 4.26. The summed E-state index contributed by atoms with van der Waals surface area (Å²) >= 11 is 5.99. The molecule has 4 heteroatoms. The maximum absolute atomic E-state index is 10.9. The van der Waals surface area contributed by atoms with E-state index >= 15 is 0 Å². The molecule has 0 amide bonds. The zero-order valence-corrected chi connectivity index (χ0v) is 13.5. The van der Waals surface area contributed by atoms with Crippen molar-refractivity contribution in [1.82, 2.24) is 0 Å². The highest BCUT2D eigenvalue weighted by atomic mass is 35.5. The van der Waals surface area contributed by atoms with Crippen LogP contribution in [-0.2, 0) is 11.2 Å². The van der Waals surface area contributed by atoms with E-state index in [1.54, 1.807) is 6.07 Å². The summed E-state index contributed by atoms with van der Waals surface area (Å²) in [5.41, 5.74) is 10.6. The molecule has 22 heavy (non-hydrogen) atoms. The molecule has 116 valence electrons. The van der Waals surface area contributed by atoms with Gasteiger partial charge in [-0.3, -0.25) is 4.79 Å². The standard InChI is InChI=1S/C18H20ClNO2/c1-11(2)13-4-3-12(6-8-18(21)22)15(9-13)14-5-7-16(19)17(20)10-14/h3-5,7,9-11H,6,8,20H2,1-2H3,(H,21,22). The van der Waals surface area contributed by atoms with Crippen LogP contribution in [0.25, 0.3) is 11.1 Å². The van der Waals surface area contributed by atoms with Crippen LogP contribution in [0.3, 0.4) is 0 Å². The van der Waals surface area contributed by atoms with Gasteiger partial charge in [-0.1, -0.05) is 49.7 Å². The molecule has 2 aromatic rings. The predicted molar refractivity (Wildman–Crippen MR) is 91.3 cm³/mol. The second-order valence-corrected chi connectivity index (χ2v) is 6.11. The SMILES string of the molecule is CC(C)c1ccc(CCC(=O)O)c(-c2ccc(Cl)c(N)c2)c1. The topological polar surface area (TPSA) is 63.3 Å². The molecule has 0 aliphatic carbocycles. The third kappa shape index (κ3) is 3.80. The molecule has 3 N–H and O–H groups in total. The highest BCUT2D eigenvalue weighted by molar-refractivity contribution is 6.33. The Kier molecular flexibility index (Phi) is 5.09. The van der Waals surface area contributed by atoms with E-state index in [-0.39, 0.29) is 6.42 Å². The molecule has 0 saturated heterocycles. The number of nitrogen functional groups attached to an aromatic ring is 1. The van der Waals surface area contributed by atoms with E-state index in [0.717, 1.165) is 16.7 Å². The van der Waals surface area contributed by atoms with Gasteiger partial charge in [-0.05, 0) is 46.7 Å². The molecule has 0 aromatic heterocycles. The van der Waals surface area contributed by atoms with E-state index in [1.165, 1.54) is 5.56 Å². The smallest absolute Gasteiger partial charge is 0.303 e. The minimum absolute atomic E-state index is 0.108. The van der Waals surface area contributed by atoms with E-state index in [9.17, 15) is 4.79 Å². The van der Waals surface area contributed by atoms with Gasteiger partial charge in [-0.25, -0.2) is 0 Å². The Morgan fingerprint density at radius 1 is 1.23 bits per heavy atom. The van der Waals surface area contributed by atoms with Crippen molar-refractivity contribution in [3.63, 3.8) is 0 Å². The van der Waals surface area contributed by atoms with Gasteiger partial charge >= 0.3 is 5.97 Å². The van der Waals surface area contributed by atoms with Crippen LogP contribution in [0, 0.1) is 0 Å². The first-order valence-corrected chi connectivity index (χ1v) is 7.66. The molecule has 0 fully saturated rings. The Morgan fingerprint density at radius 2 is 1.95 bits per heavy atom. The second-order valence-electron chi connectivity index (χ2n) is 5.70. The third-order valence-electron chi connectivity index (χ3n) is 3.72. The van der Waals surface area contributed by atoms with Crippen molar-refractivity contribution < 1.29 is 9.90 Å². The van der Waals surface area contributed by atoms with Crippen LogP contribution < -0.4 is 5.73 Å². The van der Waals surface area contributed by atoms with E-state index in [0.29, 0.717) is 23.0 Å². The van der Waals surface area contributed by atoms with Gasteiger partial charge in [0.1, 0.15) is 0 Å². The Balaban J connectivity index is 2.50. The van der Waals surface area contributed by atoms with Crippen molar-refractivity contribution in [2.75, 3.05) is 5.73 Å². The molecule has 0 bridgehead atoms. The van der Waals surface area contributed by atoms with Gasteiger partial charge in [0.05, 0.1) is 10.7 Å². The fourth-order valence-electron chi connectivity index (χ4n) is 2.39. The van der Waals surface area contributed by atoms with Crippen LogP contribution in [-0.4, -0.2) is 11.1 Å². The minimum atomic E-state index is -0.797. The summed E-state index contributed by atoms with van der Waals surface area (Å²) < 4.78 is 0. The van der Waals surface area contributed by atoms with Gasteiger partial charge in [0.25, 0.3) is 0 Å². The first-order valence-electron chi connectivity index (χ1n) is 7.28. The van der Waals surface area contributed by atoms with E-state index in [2.05, 4.69) is 26.0 Å². The number of rotatable bonds is 5. The molecular formula is C18H20ClNO2. The Morgan fingerprint density at radius 3 is 2.55 bits per heavy atom. The van der Waals surface area contributed by atoms with Crippen LogP contribution in [0.15, 0.2) is 36.4 Å². The molecule has 2 aromatic carbocycles. The van der Waals surface area contributed by atoms with Crippen molar-refractivity contribution in [3.8, 4) is 11.1 Å². The first-order chi connectivity index (χ1) is 10.4.